The van der Waals surface area contributed by atoms with Crippen LogP contribution in [0.15, 0.2) is 18.3 Å². The average molecular weight is 317 g/mol. The second-order valence-electron chi connectivity index (χ2n) is 6.71. The van der Waals surface area contributed by atoms with Gasteiger partial charge in [-0.2, -0.15) is 0 Å². The van der Waals surface area contributed by atoms with Gasteiger partial charge in [-0.3, -0.25) is 4.79 Å². The maximum Gasteiger partial charge on any atom is 0.326 e. The fourth-order valence-electron chi connectivity index (χ4n) is 3.90. The van der Waals surface area contributed by atoms with E-state index in [-0.39, 0.29) is 11.9 Å². The lowest BCUT2D eigenvalue weighted by Crippen LogP contribution is -2.46. The molecule has 0 spiro atoms. The molecule has 1 saturated carbocycles. The van der Waals surface area contributed by atoms with E-state index in [4.69, 9.17) is 0 Å². The van der Waals surface area contributed by atoms with Gasteiger partial charge in [-0.05, 0) is 37.3 Å². The molecule has 0 aromatic carbocycles. The van der Waals surface area contributed by atoms with Crippen LogP contribution in [0.2, 0.25) is 0 Å². The molecule has 0 bridgehead atoms. The highest BCUT2D eigenvalue weighted by Gasteiger charge is 2.47. The molecule has 1 aliphatic carbocycles. The van der Waals surface area contributed by atoms with Crippen LogP contribution in [0.4, 0.5) is 5.82 Å². The van der Waals surface area contributed by atoms with Crippen LogP contribution < -0.4 is 4.90 Å². The number of amides is 1. The highest BCUT2D eigenvalue weighted by Crippen LogP contribution is 2.40. The molecule has 1 aromatic rings. The molecule has 1 aromatic heterocycles. The average Bonchev–Trinajstić information content (AvgIpc) is 2.94. The molecule has 2 fully saturated rings. The van der Waals surface area contributed by atoms with Crippen LogP contribution >= 0.6 is 0 Å². The SMILES string of the molecule is CN(C)c1ccc(C(=O)N2[C@H](C(=O)O)C[C@H]3CCCC[C@@H]32)cn1. The van der Waals surface area contributed by atoms with Crippen molar-refractivity contribution in [1.29, 1.82) is 0 Å². The maximum absolute atomic E-state index is 12.9. The van der Waals surface area contributed by atoms with E-state index in [9.17, 15) is 14.7 Å². The second-order valence-corrected chi connectivity index (χ2v) is 6.71. The molecule has 2 aliphatic rings. The number of pyridine rings is 1. The molecular weight excluding hydrogens is 294 g/mol. The number of rotatable bonds is 3. The predicted octanol–water partition coefficient (Wildman–Crippen LogP) is 2.01. The molecule has 0 radical (unpaired) electrons. The van der Waals surface area contributed by atoms with Crippen molar-refractivity contribution < 1.29 is 14.7 Å². The number of carbonyl (C=O) groups is 2. The fourth-order valence-corrected chi connectivity index (χ4v) is 3.90. The highest BCUT2D eigenvalue weighted by molar-refractivity contribution is 5.97. The Morgan fingerprint density at radius 2 is 2.00 bits per heavy atom. The van der Waals surface area contributed by atoms with Gasteiger partial charge < -0.3 is 14.9 Å². The first-order valence-electron chi connectivity index (χ1n) is 8.18. The van der Waals surface area contributed by atoms with Crippen LogP contribution in [0.3, 0.4) is 0 Å². The van der Waals surface area contributed by atoms with Crippen LogP contribution in [0.5, 0.6) is 0 Å². The molecule has 3 rings (SSSR count). The summed E-state index contributed by atoms with van der Waals surface area (Å²) in [7, 11) is 3.77. The Morgan fingerprint density at radius 1 is 1.26 bits per heavy atom. The first-order valence-corrected chi connectivity index (χ1v) is 8.18. The number of nitrogens with zero attached hydrogens (tertiary/aromatic N) is 3. The van der Waals surface area contributed by atoms with E-state index in [0.717, 1.165) is 31.5 Å². The molecule has 1 aliphatic heterocycles. The Kier molecular flexibility index (Phi) is 4.24. The smallest absolute Gasteiger partial charge is 0.326 e. The van der Waals surface area contributed by atoms with Gasteiger partial charge >= 0.3 is 5.97 Å². The van der Waals surface area contributed by atoms with Crippen LogP contribution in [0.1, 0.15) is 42.5 Å². The molecule has 23 heavy (non-hydrogen) atoms. The van der Waals surface area contributed by atoms with Crippen LogP contribution in [-0.2, 0) is 4.79 Å². The van der Waals surface area contributed by atoms with Gasteiger partial charge in [-0.15, -0.1) is 0 Å². The Hall–Kier alpha value is -2.11. The number of likely N-dealkylation sites (tertiary alicyclic amines) is 1. The second kappa shape index (κ2) is 6.18. The number of carboxylic acid groups (broad SMARTS) is 1. The van der Waals surface area contributed by atoms with Crippen molar-refractivity contribution >= 4 is 17.7 Å². The fraction of sp³-hybridized carbons (Fsp3) is 0.588. The van der Waals surface area contributed by atoms with Gasteiger partial charge in [0.1, 0.15) is 11.9 Å². The van der Waals surface area contributed by atoms with Crippen molar-refractivity contribution in [2.24, 2.45) is 5.92 Å². The van der Waals surface area contributed by atoms with Crippen LogP contribution in [0, 0.1) is 5.92 Å². The van der Waals surface area contributed by atoms with E-state index in [2.05, 4.69) is 4.98 Å². The Morgan fingerprint density at radius 3 is 2.61 bits per heavy atom. The maximum atomic E-state index is 12.9. The Labute approximate surface area is 136 Å². The number of carboxylic acids is 1. The zero-order valence-corrected chi connectivity index (χ0v) is 13.6. The minimum absolute atomic E-state index is 0.0610. The van der Waals surface area contributed by atoms with Gasteiger partial charge in [0.2, 0.25) is 0 Å². The van der Waals surface area contributed by atoms with E-state index in [1.807, 2.05) is 19.0 Å². The number of hydrogen-bond donors (Lipinski definition) is 1. The molecule has 2 heterocycles. The minimum atomic E-state index is -0.898. The largest absolute Gasteiger partial charge is 0.480 e. The number of hydrogen-bond acceptors (Lipinski definition) is 4. The number of aromatic nitrogens is 1. The predicted molar refractivity (Wildman–Crippen MR) is 86.5 cm³/mol. The third-order valence-electron chi connectivity index (χ3n) is 5.06. The molecule has 1 saturated heterocycles. The molecule has 6 nitrogen and oxygen atoms in total. The van der Waals surface area contributed by atoms with Gasteiger partial charge in [-0.25, -0.2) is 9.78 Å². The van der Waals surface area contributed by atoms with Gasteiger partial charge in [0, 0.05) is 26.3 Å². The highest BCUT2D eigenvalue weighted by atomic mass is 16.4. The summed E-state index contributed by atoms with van der Waals surface area (Å²) in [4.78, 5) is 32.3. The Bertz CT molecular complexity index is 600. The molecular formula is C17H23N3O3. The van der Waals surface area contributed by atoms with E-state index < -0.39 is 12.0 Å². The van der Waals surface area contributed by atoms with Crippen molar-refractivity contribution in [3.05, 3.63) is 23.9 Å². The van der Waals surface area contributed by atoms with Crippen molar-refractivity contribution in [2.75, 3.05) is 19.0 Å². The summed E-state index contributed by atoms with van der Waals surface area (Å²) in [6, 6.07) is 2.88. The van der Waals surface area contributed by atoms with Crippen LogP contribution in [-0.4, -0.2) is 53.0 Å². The monoisotopic (exact) mass is 317 g/mol. The number of aliphatic carboxylic acids is 1. The molecule has 1 amide bonds. The van der Waals surface area contributed by atoms with Gasteiger partial charge in [0.15, 0.2) is 0 Å². The molecule has 1 N–H and O–H groups in total. The van der Waals surface area contributed by atoms with Crippen molar-refractivity contribution in [1.82, 2.24) is 9.88 Å². The normalized spacial score (nSPS) is 26.7. The van der Waals surface area contributed by atoms with E-state index in [0.29, 0.717) is 17.9 Å². The third-order valence-corrected chi connectivity index (χ3v) is 5.06. The summed E-state index contributed by atoms with van der Waals surface area (Å²) in [5.74, 6) is -0.00802. The third kappa shape index (κ3) is 2.90. The van der Waals surface area contributed by atoms with Crippen molar-refractivity contribution in [3.8, 4) is 0 Å². The van der Waals surface area contributed by atoms with Crippen molar-refractivity contribution in [3.63, 3.8) is 0 Å². The van der Waals surface area contributed by atoms with Crippen molar-refractivity contribution in [2.45, 2.75) is 44.2 Å². The quantitative estimate of drug-likeness (QED) is 0.923. The Balaban J connectivity index is 1.87. The summed E-state index contributed by atoms with van der Waals surface area (Å²) < 4.78 is 0. The summed E-state index contributed by atoms with van der Waals surface area (Å²) in [5, 5.41) is 9.53. The molecule has 3 atom stereocenters. The first-order chi connectivity index (χ1) is 11.0. The summed E-state index contributed by atoms with van der Waals surface area (Å²) in [6.45, 7) is 0. The number of anilines is 1. The standard InChI is InChI=1S/C17H23N3O3/c1-19(2)15-8-7-12(10-18-15)16(21)20-13-6-4-3-5-11(13)9-14(20)17(22)23/h7-8,10-11,13-14H,3-6,9H2,1-2H3,(H,22,23)/t11-,13+,14+/m1/s1. The number of carbonyl (C=O) groups excluding carboxylic acids is 1. The lowest BCUT2D eigenvalue weighted by Gasteiger charge is -2.33. The zero-order chi connectivity index (χ0) is 16.6. The van der Waals surface area contributed by atoms with E-state index in [1.54, 1.807) is 23.2 Å². The molecule has 6 heteroatoms. The summed E-state index contributed by atoms with van der Waals surface area (Å²) >= 11 is 0. The van der Waals surface area contributed by atoms with Gasteiger partial charge in [0.05, 0.1) is 5.56 Å². The molecule has 0 unspecified atom stereocenters. The summed E-state index contributed by atoms with van der Waals surface area (Å²) in [6.07, 6.45) is 6.25. The van der Waals surface area contributed by atoms with Gasteiger partial charge in [-0.1, -0.05) is 12.8 Å². The summed E-state index contributed by atoms with van der Waals surface area (Å²) in [5.41, 5.74) is 0.466. The zero-order valence-electron chi connectivity index (χ0n) is 13.6. The lowest BCUT2D eigenvalue weighted by atomic mass is 9.84. The van der Waals surface area contributed by atoms with E-state index >= 15 is 0 Å². The lowest BCUT2D eigenvalue weighted by molar-refractivity contribution is -0.141. The van der Waals surface area contributed by atoms with Crippen LogP contribution in [0.25, 0.3) is 0 Å². The topological polar surface area (TPSA) is 73.7 Å². The number of fused-ring (bicyclic) bond motifs is 1. The van der Waals surface area contributed by atoms with Gasteiger partial charge in [0.25, 0.3) is 5.91 Å². The minimum Gasteiger partial charge on any atom is -0.480 e. The molecule has 124 valence electrons. The van der Waals surface area contributed by atoms with E-state index in [1.165, 1.54) is 0 Å². The first kappa shape index (κ1) is 15.8.